The smallest absolute Gasteiger partial charge is 0.260 e. The molecule has 0 atom stereocenters. The van der Waals surface area contributed by atoms with Crippen LogP contribution in [0.5, 0.6) is 0 Å². The van der Waals surface area contributed by atoms with Gasteiger partial charge in [-0.1, -0.05) is 53.5 Å². The molecular weight excluding hydrogens is 461 g/mol. The van der Waals surface area contributed by atoms with E-state index in [-0.39, 0.29) is 15.9 Å². The van der Waals surface area contributed by atoms with Crippen molar-refractivity contribution in [3.05, 3.63) is 76.0 Å². The molecule has 0 unspecified atom stereocenters. The molecule has 3 aromatic rings. The lowest BCUT2D eigenvalue weighted by Crippen LogP contribution is -2.39. The number of halogens is 2. The first-order chi connectivity index (χ1) is 14.7. The zero-order chi connectivity index (χ0) is 22.6. The van der Waals surface area contributed by atoms with Crippen molar-refractivity contribution in [2.24, 2.45) is 5.10 Å². The maximum atomic E-state index is 12.3. The second-order valence-corrected chi connectivity index (χ2v) is 9.22. The van der Waals surface area contributed by atoms with E-state index >= 15 is 0 Å². The maximum Gasteiger partial charge on any atom is 0.260 e. The van der Waals surface area contributed by atoms with E-state index in [1.165, 1.54) is 12.3 Å². The van der Waals surface area contributed by atoms with Crippen molar-refractivity contribution in [3.63, 3.8) is 0 Å². The Labute approximate surface area is 190 Å². The van der Waals surface area contributed by atoms with E-state index in [0.717, 1.165) is 21.9 Å². The molecule has 1 N–H and O–H groups in total. The van der Waals surface area contributed by atoms with E-state index in [9.17, 15) is 13.2 Å². The number of carbonyl (C=O) groups excluding carboxylic acids is 1. The fourth-order valence-electron chi connectivity index (χ4n) is 2.82. The van der Waals surface area contributed by atoms with Gasteiger partial charge in [-0.05, 0) is 31.2 Å². The third kappa shape index (κ3) is 5.43. The van der Waals surface area contributed by atoms with Gasteiger partial charge in [-0.15, -0.1) is 0 Å². The molecule has 1 amide bonds. The van der Waals surface area contributed by atoms with Crippen LogP contribution in [0.3, 0.4) is 0 Å². The van der Waals surface area contributed by atoms with Crippen LogP contribution in [0.1, 0.15) is 11.3 Å². The van der Waals surface area contributed by atoms with Crippen molar-refractivity contribution in [2.45, 2.75) is 6.92 Å². The fraction of sp³-hybridized carbons (Fsp3) is 0.150. The predicted octanol–water partition coefficient (Wildman–Crippen LogP) is 3.40. The Kier molecular flexibility index (Phi) is 6.99. The van der Waals surface area contributed by atoms with Crippen molar-refractivity contribution in [3.8, 4) is 5.69 Å². The van der Waals surface area contributed by atoms with Gasteiger partial charge < -0.3 is 0 Å². The number of anilines is 1. The lowest BCUT2D eigenvalue weighted by molar-refractivity contribution is -0.119. The molecule has 0 spiro atoms. The number of hydrazone groups is 1. The predicted molar refractivity (Wildman–Crippen MR) is 123 cm³/mol. The van der Waals surface area contributed by atoms with Crippen LogP contribution in [-0.2, 0) is 14.8 Å². The van der Waals surface area contributed by atoms with Gasteiger partial charge in [-0.25, -0.2) is 18.5 Å². The zero-order valence-electron chi connectivity index (χ0n) is 16.7. The highest BCUT2D eigenvalue weighted by Gasteiger charge is 2.22. The minimum absolute atomic E-state index is 0.203. The van der Waals surface area contributed by atoms with Gasteiger partial charge in [0.15, 0.2) is 5.15 Å². The Bertz CT molecular complexity index is 1230. The van der Waals surface area contributed by atoms with Crippen molar-refractivity contribution in [2.75, 3.05) is 17.1 Å². The molecule has 0 saturated heterocycles. The highest BCUT2D eigenvalue weighted by molar-refractivity contribution is 7.92. The van der Waals surface area contributed by atoms with Crippen LogP contribution >= 0.6 is 23.2 Å². The number of aromatic nitrogens is 2. The monoisotopic (exact) mass is 479 g/mol. The molecule has 0 aliphatic rings. The average molecular weight is 480 g/mol. The third-order valence-electron chi connectivity index (χ3n) is 4.31. The molecule has 0 bridgehead atoms. The Balaban J connectivity index is 1.75. The SMILES string of the molecule is Cc1c(/C=N\NC(=O)CN(c2ccccc2Cl)S(C)(=O)=O)c(Cl)nn1-c1ccccc1. The van der Waals surface area contributed by atoms with Gasteiger partial charge >= 0.3 is 0 Å². The summed E-state index contributed by atoms with van der Waals surface area (Å²) in [6, 6.07) is 15.8. The summed E-state index contributed by atoms with van der Waals surface area (Å²) in [7, 11) is -3.75. The van der Waals surface area contributed by atoms with Crippen molar-refractivity contribution in [1.29, 1.82) is 0 Å². The molecule has 2 aromatic carbocycles. The number of hydrogen-bond donors (Lipinski definition) is 1. The summed E-state index contributed by atoms with van der Waals surface area (Å²) >= 11 is 12.3. The molecule has 31 heavy (non-hydrogen) atoms. The van der Waals surface area contributed by atoms with Gasteiger partial charge in [-0.2, -0.15) is 10.2 Å². The van der Waals surface area contributed by atoms with Crippen LogP contribution in [0.25, 0.3) is 5.69 Å². The Hall–Kier alpha value is -2.88. The Morgan fingerprint density at radius 3 is 2.45 bits per heavy atom. The van der Waals surface area contributed by atoms with Crippen molar-refractivity contribution in [1.82, 2.24) is 15.2 Å². The van der Waals surface area contributed by atoms with Crippen LogP contribution in [0.2, 0.25) is 10.2 Å². The van der Waals surface area contributed by atoms with Crippen LogP contribution in [0, 0.1) is 6.92 Å². The highest BCUT2D eigenvalue weighted by Crippen LogP contribution is 2.27. The number of carbonyl (C=O) groups is 1. The van der Waals surface area contributed by atoms with Gasteiger partial charge in [-0.3, -0.25) is 9.10 Å². The molecule has 0 aliphatic carbocycles. The van der Waals surface area contributed by atoms with Crippen LogP contribution in [0.4, 0.5) is 5.69 Å². The van der Waals surface area contributed by atoms with E-state index in [1.54, 1.807) is 22.9 Å². The molecule has 0 saturated carbocycles. The van der Waals surface area contributed by atoms with Crippen LogP contribution in [0.15, 0.2) is 59.7 Å². The standard InChI is InChI=1S/C20H19Cl2N5O3S/c1-14-16(20(22)25-27(14)15-8-4-3-5-9-15)12-23-24-19(28)13-26(31(2,29)30)18-11-7-6-10-17(18)21/h3-12H,13H2,1-2H3,(H,24,28)/b23-12-. The highest BCUT2D eigenvalue weighted by atomic mass is 35.5. The number of nitrogens with one attached hydrogen (secondary N) is 1. The summed E-state index contributed by atoms with van der Waals surface area (Å²) in [6.45, 7) is 1.33. The first-order valence-corrected chi connectivity index (χ1v) is 11.6. The van der Waals surface area contributed by atoms with Crippen LogP contribution < -0.4 is 9.73 Å². The summed E-state index contributed by atoms with van der Waals surface area (Å²) in [6.07, 6.45) is 2.36. The Morgan fingerprint density at radius 1 is 1.16 bits per heavy atom. The second-order valence-electron chi connectivity index (χ2n) is 6.55. The summed E-state index contributed by atoms with van der Waals surface area (Å²) < 4.78 is 26.9. The molecule has 1 aromatic heterocycles. The number of sulfonamides is 1. The lowest BCUT2D eigenvalue weighted by Gasteiger charge is -2.22. The third-order valence-corrected chi connectivity index (χ3v) is 6.04. The quantitative estimate of drug-likeness (QED) is 0.414. The van der Waals surface area contributed by atoms with Crippen LogP contribution in [-0.4, -0.2) is 43.1 Å². The molecule has 0 aliphatic heterocycles. The average Bonchev–Trinajstić information content (AvgIpc) is 3.01. The number of benzene rings is 2. The molecule has 1 heterocycles. The first-order valence-electron chi connectivity index (χ1n) is 9.03. The number of nitrogens with zero attached hydrogens (tertiary/aromatic N) is 4. The summed E-state index contributed by atoms with van der Waals surface area (Å²) in [5, 5.41) is 8.61. The van der Waals surface area contributed by atoms with Crippen molar-refractivity contribution < 1.29 is 13.2 Å². The summed E-state index contributed by atoms with van der Waals surface area (Å²) in [5.74, 6) is -0.647. The van der Waals surface area contributed by atoms with Gasteiger partial charge in [0, 0.05) is 0 Å². The largest absolute Gasteiger partial charge is 0.271 e. The normalized spacial score (nSPS) is 11.6. The fourth-order valence-corrected chi connectivity index (χ4v) is 4.23. The molecule has 11 heteroatoms. The molecular formula is C20H19Cl2N5O3S. The molecule has 0 radical (unpaired) electrons. The zero-order valence-corrected chi connectivity index (χ0v) is 19.0. The summed E-state index contributed by atoms with van der Waals surface area (Å²) in [5.41, 5.74) is 4.59. The minimum atomic E-state index is -3.75. The van der Waals surface area contributed by atoms with E-state index in [4.69, 9.17) is 23.2 Å². The Morgan fingerprint density at radius 2 is 1.81 bits per heavy atom. The van der Waals surface area contributed by atoms with E-state index in [1.807, 2.05) is 37.3 Å². The number of amides is 1. The van der Waals surface area contributed by atoms with Gasteiger partial charge in [0.05, 0.1) is 40.1 Å². The second kappa shape index (κ2) is 9.51. The summed E-state index contributed by atoms with van der Waals surface area (Å²) in [4.78, 5) is 12.3. The van der Waals surface area contributed by atoms with Crippen molar-refractivity contribution >= 4 is 51.0 Å². The van der Waals surface area contributed by atoms with E-state index in [0.29, 0.717) is 5.56 Å². The number of hydrogen-bond acceptors (Lipinski definition) is 5. The molecule has 8 nitrogen and oxygen atoms in total. The molecule has 162 valence electrons. The molecule has 0 fully saturated rings. The minimum Gasteiger partial charge on any atom is -0.271 e. The molecule has 3 rings (SSSR count). The first kappa shape index (κ1) is 22.8. The number of para-hydroxylation sites is 2. The van der Waals surface area contributed by atoms with Gasteiger partial charge in [0.25, 0.3) is 5.91 Å². The van der Waals surface area contributed by atoms with E-state index < -0.39 is 22.5 Å². The topological polar surface area (TPSA) is 96.7 Å². The van der Waals surface area contributed by atoms with Gasteiger partial charge in [0.1, 0.15) is 6.54 Å². The number of rotatable bonds is 7. The maximum absolute atomic E-state index is 12.3. The lowest BCUT2D eigenvalue weighted by atomic mass is 10.2. The van der Waals surface area contributed by atoms with E-state index in [2.05, 4.69) is 15.6 Å². The van der Waals surface area contributed by atoms with Gasteiger partial charge in [0.2, 0.25) is 10.0 Å².